The Morgan fingerprint density at radius 3 is 2.64 bits per heavy atom. The van der Waals surface area contributed by atoms with Crippen LogP contribution in [0.2, 0.25) is 0 Å². The highest BCUT2D eigenvalue weighted by atomic mass is 16.5. The number of aromatic nitrogens is 2. The van der Waals surface area contributed by atoms with E-state index >= 15 is 0 Å². The van der Waals surface area contributed by atoms with Gasteiger partial charge in [0.1, 0.15) is 11.4 Å². The molecule has 3 rings (SSSR count). The van der Waals surface area contributed by atoms with Gasteiger partial charge in [0.25, 0.3) is 11.5 Å². The van der Waals surface area contributed by atoms with E-state index in [1.807, 2.05) is 30.3 Å². The molecule has 0 saturated carbocycles. The number of ether oxygens (including phenoxy) is 1. The molecule has 2 heterocycles. The van der Waals surface area contributed by atoms with E-state index in [1.54, 1.807) is 0 Å². The number of carbonyl (C=O) groups is 1. The van der Waals surface area contributed by atoms with Crippen molar-refractivity contribution in [1.29, 1.82) is 0 Å². The van der Waals surface area contributed by atoms with E-state index in [-0.39, 0.29) is 17.5 Å². The predicted molar refractivity (Wildman–Crippen MR) is 81.6 cm³/mol. The average molecular weight is 299 g/mol. The van der Waals surface area contributed by atoms with Gasteiger partial charge in [-0.15, -0.1) is 0 Å². The third-order valence-corrected chi connectivity index (χ3v) is 3.65. The van der Waals surface area contributed by atoms with Crippen molar-refractivity contribution < 1.29 is 9.53 Å². The molecular formula is C16H17N3O3. The first-order chi connectivity index (χ1) is 10.7. The lowest BCUT2D eigenvalue weighted by atomic mass is 10.1. The number of rotatable bonds is 3. The maximum atomic E-state index is 12.2. The summed E-state index contributed by atoms with van der Waals surface area (Å²) in [5.41, 5.74) is 0.403. The Morgan fingerprint density at radius 1 is 1.23 bits per heavy atom. The lowest BCUT2D eigenvalue weighted by Gasteiger charge is -2.22. The predicted octanol–water partition coefficient (Wildman–Crippen LogP) is 1.35. The largest absolute Gasteiger partial charge is 0.381 e. The number of H-pyrrole nitrogens is 1. The molecule has 1 aliphatic rings. The van der Waals surface area contributed by atoms with Crippen molar-refractivity contribution in [3.05, 3.63) is 52.4 Å². The van der Waals surface area contributed by atoms with Crippen LogP contribution in [0.4, 0.5) is 0 Å². The molecular weight excluding hydrogens is 282 g/mol. The zero-order chi connectivity index (χ0) is 15.4. The van der Waals surface area contributed by atoms with Gasteiger partial charge in [0, 0.05) is 31.0 Å². The summed E-state index contributed by atoms with van der Waals surface area (Å²) < 4.78 is 5.24. The van der Waals surface area contributed by atoms with Crippen LogP contribution >= 0.6 is 0 Å². The molecule has 0 aliphatic carbocycles. The topological polar surface area (TPSA) is 84.1 Å². The second-order valence-electron chi connectivity index (χ2n) is 5.20. The van der Waals surface area contributed by atoms with Crippen LogP contribution in [0.15, 0.2) is 41.3 Å². The number of amides is 1. The molecule has 1 aromatic heterocycles. The standard InChI is InChI=1S/C16H17N3O3/c20-15(18-12-6-8-22-9-7-12)13-10-17-14(19-16(13)21)11-4-2-1-3-5-11/h1-5,10,12H,6-9H2,(H,18,20)(H,17,19,21). The van der Waals surface area contributed by atoms with Crippen molar-refractivity contribution in [2.45, 2.75) is 18.9 Å². The summed E-state index contributed by atoms with van der Waals surface area (Å²) in [4.78, 5) is 31.1. The van der Waals surface area contributed by atoms with Gasteiger partial charge in [-0.1, -0.05) is 30.3 Å². The fourth-order valence-electron chi connectivity index (χ4n) is 2.40. The Bertz CT molecular complexity index is 706. The van der Waals surface area contributed by atoms with Gasteiger partial charge >= 0.3 is 0 Å². The fourth-order valence-corrected chi connectivity index (χ4v) is 2.40. The van der Waals surface area contributed by atoms with E-state index in [0.717, 1.165) is 18.4 Å². The molecule has 1 aliphatic heterocycles. The van der Waals surface area contributed by atoms with Gasteiger partial charge in [-0.3, -0.25) is 9.59 Å². The Hall–Kier alpha value is -2.47. The monoisotopic (exact) mass is 299 g/mol. The summed E-state index contributed by atoms with van der Waals surface area (Å²) in [6.07, 6.45) is 2.86. The molecule has 0 unspecified atom stereocenters. The highest BCUT2D eigenvalue weighted by molar-refractivity contribution is 5.93. The minimum atomic E-state index is -0.432. The molecule has 114 valence electrons. The van der Waals surface area contributed by atoms with Gasteiger partial charge in [-0.05, 0) is 12.8 Å². The summed E-state index contributed by atoms with van der Waals surface area (Å²) in [7, 11) is 0. The van der Waals surface area contributed by atoms with Crippen LogP contribution in [-0.4, -0.2) is 35.1 Å². The quantitative estimate of drug-likeness (QED) is 0.896. The molecule has 0 atom stereocenters. The van der Waals surface area contributed by atoms with Crippen LogP contribution in [0.3, 0.4) is 0 Å². The third kappa shape index (κ3) is 3.23. The Kier molecular flexibility index (Phi) is 4.29. The molecule has 1 saturated heterocycles. The summed E-state index contributed by atoms with van der Waals surface area (Å²) in [6.45, 7) is 1.26. The number of benzene rings is 1. The lowest BCUT2D eigenvalue weighted by molar-refractivity contribution is 0.0695. The zero-order valence-corrected chi connectivity index (χ0v) is 12.0. The highest BCUT2D eigenvalue weighted by Gasteiger charge is 2.19. The number of carbonyl (C=O) groups excluding carboxylic acids is 1. The van der Waals surface area contributed by atoms with Gasteiger partial charge in [0.05, 0.1) is 0 Å². The zero-order valence-electron chi connectivity index (χ0n) is 12.0. The number of hydrogen-bond donors (Lipinski definition) is 2. The number of nitrogens with zero attached hydrogens (tertiary/aromatic N) is 1. The second kappa shape index (κ2) is 6.53. The van der Waals surface area contributed by atoms with E-state index < -0.39 is 5.56 Å². The van der Waals surface area contributed by atoms with Crippen LogP contribution in [0, 0.1) is 0 Å². The van der Waals surface area contributed by atoms with E-state index in [1.165, 1.54) is 6.20 Å². The Labute approximate surface area is 127 Å². The minimum Gasteiger partial charge on any atom is -0.381 e. The molecule has 22 heavy (non-hydrogen) atoms. The van der Waals surface area contributed by atoms with Crippen LogP contribution in [0.25, 0.3) is 11.4 Å². The van der Waals surface area contributed by atoms with Crippen molar-refractivity contribution in [3.63, 3.8) is 0 Å². The third-order valence-electron chi connectivity index (χ3n) is 3.65. The van der Waals surface area contributed by atoms with E-state index in [4.69, 9.17) is 4.74 Å². The number of nitrogens with one attached hydrogen (secondary N) is 2. The maximum Gasteiger partial charge on any atom is 0.264 e. The molecule has 0 spiro atoms. The first-order valence-corrected chi connectivity index (χ1v) is 7.27. The second-order valence-corrected chi connectivity index (χ2v) is 5.20. The average Bonchev–Trinajstić information content (AvgIpc) is 2.56. The molecule has 2 N–H and O–H groups in total. The van der Waals surface area contributed by atoms with Crippen LogP contribution in [0.1, 0.15) is 23.2 Å². The summed E-state index contributed by atoms with van der Waals surface area (Å²) in [5.74, 6) is 0.0634. The summed E-state index contributed by atoms with van der Waals surface area (Å²) in [5, 5.41) is 2.86. The first-order valence-electron chi connectivity index (χ1n) is 7.27. The van der Waals surface area contributed by atoms with Crippen LogP contribution in [0.5, 0.6) is 0 Å². The van der Waals surface area contributed by atoms with Gasteiger partial charge in [-0.2, -0.15) is 0 Å². The first kappa shape index (κ1) is 14.5. The minimum absolute atomic E-state index is 0.0335. The molecule has 6 heteroatoms. The van der Waals surface area contributed by atoms with Crippen LogP contribution < -0.4 is 10.9 Å². The molecule has 1 amide bonds. The Morgan fingerprint density at radius 2 is 1.95 bits per heavy atom. The molecule has 2 aromatic rings. The molecule has 0 bridgehead atoms. The SMILES string of the molecule is O=C(NC1CCOCC1)c1cnc(-c2ccccc2)[nH]c1=O. The van der Waals surface area contributed by atoms with Crippen molar-refractivity contribution >= 4 is 5.91 Å². The molecule has 1 fully saturated rings. The van der Waals surface area contributed by atoms with Gasteiger partial charge in [0.15, 0.2) is 0 Å². The van der Waals surface area contributed by atoms with Crippen molar-refractivity contribution in [1.82, 2.24) is 15.3 Å². The Balaban J connectivity index is 1.77. The number of aromatic amines is 1. The van der Waals surface area contributed by atoms with Crippen molar-refractivity contribution in [2.24, 2.45) is 0 Å². The molecule has 1 aromatic carbocycles. The number of hydrogen-bond acceptors (Lipinski definition) is 4. The van der Waals surface area contributed by atoms with Gasteiger partial charge in [-0.25, -0.2) is 4.98 Å². The molecule has 0 radical (unpaired) electrons. The van der Waals surface area contributed by atoms with E-state index in [9.17, 15) is 9.59 Å². The molecule has 6 nitrogen and oxygen atoms in total. The van der Waals surface area contributed by atoms with E-state index in [2.05, 4.69) is 15.3 Å². The van der Waals surface area contributed by atoms with Crippen molar-refractivity contribution in [3.8, 4) is 11.4 Å². The lowest BCUT2D eigenvalue weighted by Crippen LogP contribution is -2.40. The van der Waals surface area contributed by atoms with E-state index in [0.29, 0.717) is 19.0 Å². The highest BCUT2D eigenvalue weighted by Crippen LogP contribution is 2.12. The fraction of sp³-hybridized carbons (Fsp3) is 0.312. The maximum absolute atomic E-state index is 12.2. The summed E-state index contributed by atoms with van der Waals surface area (Å²) in [6, 6.07) is 9.36. The summed E-state index contributed by atoms with van der Waals surface area (Å²) >= 11 is 0. The van der Waals surface area contributed by atoms with Crippen molar-refractivity contribution in [2.75, 3.05) is 13.2 Å². The van der Waals surface area contributed by atoms with Crippen LogP contribution in [-0.2, 0) is 4.74 Å². The van der Waals surface area contributed by atoms with Gasteiger partial charge in [0.2, 0.25) is 0 Å². The van der Waals surface area contributed by atoms with Gasteiger partial charge < -0.3 is 15.0 Å². The smallest absolute Gasteiger partial charge is 0.264 e. The normalized spacial score (nSPS) is 15.5.